The Morgan fingerprint density at radius 2 is 2.12 bits per heavy atom. The molecule has 136 valence electrons. The predicted octanol–water partition coefficient (Wildman–Crippen LogP) is 4.83. The van der Waals surface area contributed by atoms with Crippen molar-refractivity contribution in [1.29, 1.82) is 0 Å². The smallest absolute Gasteiger partial charge is 0.0677 e. The van der Waals surface area contributed by atoms with Gasteiger partial charge in [0.25, 0.3) is 0 Å². The molecule has 2 heterocycles. The molecule has 4 rings (SSSR count). The van der Waals surface area contributed by atoms with Gasteiger partial charge in [0.2, 0.25) is 0 Å². The van der Waals surface area contributed by atoms with E-state index in [9.17, 15) is 0 Å². The number of aryl methyl sites for hydroxylation is 1. The van der Waals surface area contributed by atoms with Gasteiger partial charge in [0.1, 0.15) is 0 Å². The molecule has 0 bridgehead atoms. The lowest BCUT2D eigenvalue weighted by Crippen LogP contribution is -2.16. The van der Waals surface area contributed by atoms with Crippen LogP contribution in [0.1, 0.15) is 36.9 Å². The summed E-state index contributed by atoms with van der Waals surface area (Å²) in [5.41, 5.74) is 6.69. The molecule has 1 aromatic rings. The molecule has 3 aliphatic rings. The van der Waals surface area contributed by atoms with Crippen LogP contribution in [0.2, 0.25) is 0 Å². The van der Waals surface area contributed by atoms with Crippen LogP contribution < -0.4 is 0 Å². The van der Waals surface area contributed by atoms with Gasteiger partial charge in [0.05, 0.1) is 17.1 Å². The highest BCUT2D eigenvalue weighted by atomic mass is 35.5. The average Bonchev–Trinajstić information content (AvgIpc) is 2.89. The van der Waals surface area contributed by atoms with Gasteiger partial charge in [-0.15, -0.1) is 24.8 Å². The van der Waals surface area contributed by atoms with E-state index in [0.717, 1.165) is 25.8 Å². The van der Waals surface area contributed by atoms with Gasteiger partial charge >= 0.3 is 0 Å². The second-order valence-corrected chi connectivity index (χ2v) is 7.07. The summed E-state index contributed by atoms with van der Waals surface area (Å²) in [6, 6.07) is 2.29. The first-order chi connectivity index (χ1) is 11.2. The molecule has 0 radical (unpaired) electrons. The number of rotatable bonds is 4. The van der Waals surface area contributed by atoms with E-state index in [1.165, 1.54) is 41.1 Å². The van der Waals surface area contributed by atoms with Gasteiger partial charge in [0.15, 0.2) is 0 Å². The molecule has 1 aliphatic heterocycles. The highest BCUT2D eigenvalue weighted by Crippen LogP contribution is 2.38. The van der Waals surface area contributed by atoms with Gasteiger partial charge in [-0.3, -0.25) is 4.99 Å². The van der Waals surface area contributed by atoms with Crippen LogP contribution >= 0.6 is 24.8 Å². The molecule has 5 heteroatoms. The van der Waals surface area contributed by atoms with Gasteiger partial charge in [-0.25, -0.2) is 0 Å². The Bertz CT molecular complexity index is 738. The zero-order valence-electron chi connectivity index (χ0n) is 14.9. The van der Waals surface area contributed by atoms with E-state index in [1.54, 1.807) is 0 Å². The van der Waals surface area contributed by atoms with Crippen molar-refractivity contribution in [1.82, 2.24) is 9.47 Å². The van der Waals surface area contributed by atoms with Gasteiger partial charge in [0, 0.05) is 23.9 Å². The number of nitrogens with zero attached hydrogens (tertiary/aromatic N) is 3. The number of hydrogen-bond acceptors (Lipinski definition) is 2. The highest BCUT2D eigenvalue weighted by Gasteiger charge is 2.26. The zero-order chi connectivity index (χ0) is 15.8. The maximum atomic E-state index is 4.94. The normalized spacial score (nSPS) is 20.3. The molecule has 1 aromatic heterocycles. The van der Waals surface area contributed by atoms with E-state index in [2.05, 4.69) is 60.3 Å². The number of aliphatic imine (C=N–C) groups is 1. The maximum Gasteiger partial charge on any atom is 0.0677 e. The van der Waals surface area contributed by atoms with Crippen LogP contribution in [0.5, 0.6) is 0 Å². The Morgan fingerprint density at radius 1 is 1.28 bits per heavy atom. The lowest BCUT2D eigenvalue weighted by atomic mass is 9.90. The summed E-state index contributed by atoms with van der Waals surface area (Å²) in [4.78, 5) is 7.21. The summed E-state index contributed by atoms with van der Waals surface area (Å²) >= 11 is 0. The Balaban J connectivity index is 0.00000113. The van der Waals surface area contributed by atoms with E-state index in [-0.39, 0.29) is 24.8 Å². The fourth-order valence-corrected chi connectivity index (χ4v) is 3.97. The molecular formula is C20H27Cl2N3. The van der Waals surface area contributed by atoms with Crippen LogP contribution in [0.4, 0.5) is 0 Å². The van der Waals surface area contributed by atoms with Crippen molar-refractivity contribution in [3.8, 4) is 0 Å². The minimum Gasteiger partial charge on any atom is -0.314 e. The average molecular weight is 380 g/mol. The molecule has 0 saturated heterocycles. The van der Waals surface area contributed by atoms with Crippen molar-refractivity contribution in [2.45, 2.75) is 32.1 Å². The summed E-state index contributed by atoms with van der Waals surface area (Å²) in [5.74, 6) is 0.546. The minimum absolute atomic E-state index is 0. The van der Waals surface area contributed by atoms with E-state index >= 15 is 0 Å². The Hall–Kier alpha value is -1.29. The summed E-state index contributed by atoms with van der Waals surface area (Å²) in [5, 5.41) is 0. The number of fused-ring (bicyclic) bond motifs is 1. The Labute approximate surface area is 163 Å². The first kappa shape index (κ1) is 20.0. The first-order valence-corrected chi connectivity index (χ1v) is 8.74. The zero-order valence-corrected chi connectivity index (χ0v) is 16.6. The quantitative estimate of drug-likeness (QED) is 0.733. The van der Waals surface area contributed by atoms with Crippen molar-refractivity contribution in [3.63, 3.8) is 0 Å². The molecular weight excluding hydrogens is 353 g/mol. The van der Waals surface area contributed by atoms with Crippen molar-refractivity contribution in [2.75, 3.05) is 20.6 Å². The molecule has 0 N–H and O–H groups in total. The lowest BCUT2D eigenvalue weighted by Gasteiger charge is -2.23. The summed E-state index contributed by atoms with van der Waals surface area (Å²) in [6.45, 7) is 1.15. The van der Waals surface area contributed by atoms with E-state index in [1.807, 2.05) is 0 Å². The van der Waals surface area contributed by atoms with Gasteiger partial charge < -0.3 is 9.47 Å². The van der Waals surface area contributed by atoms with Crippen LogP contribution in [0.15, 0.2) is 41.2 Å². The molecule has 0 saturated carbocycles. The molecule has 25 heavy (non-hydrogen) atoms. The van der Waals surface area contributed by atoms with Crippen LogP contribution in [-0.4, -0.2) is 36.3 Å². The minimum atomic E-state index is 0. The van der Waals surface area contributed by atoms with E-state index < -0.39 is 0 Å². The van der Waals surface area contributed by atoms with Crippen molar-refractivity contribution in [2.24, 2.45) is 10.9 Å². The monoisotopic (exact) mass is 379 g/mol. The number of halogens is 2. The largest absolute Gasteiger partial charge is 0.314 e. The third kappa shape index (κ3) is 3.79. The maximum absolute atomic E-state index is 4.94. The molecule has 0 aromatic carbocycles. The molecule has 0 amide bonds. The molecule has 1 unspecified atom stereocenters. The fourth-order valence-electron chi connectivity index (χ4n) is 3.97. The molecule has 2 aliphatic carbocycles. The Kier molecular flexibility index (Phi) is 6.72. The first-order valence-electron chi connectivity index (χ1n) is 8.74. The van der Waals surface area contributed by atoms with Crippen LogP contribution in [0, 0.1) is 5.92 Å². The second kappa shape index (κ2) is 8.39. The summed E-state index contributed by atoms with van der Waals surface area (Å²) < 4.78 is 2.37. The van der Waals surface area contributed by atoms with Crippen molar-refractivity contribution in [3.05, 3.63) is 47.4 Å². The van der Waals surface area contributed by atoms with Crippen molar-refractivity contribution < 1.29 is 0 Å². The molecule has 0 fully saturated rings. The second-order valence-electron chi connectivity index (χ2n) is 7.07. The standard InChI is InChI=1S/C20H25N3.2ClH/c1-22(2)12-5-9-15-6-4-10-18-19(15)21-14-17-8-3-7-16-11-13-23(18)20(16)17;;/h4,8,10-11,13-15H,3,5-7,9,12H2,1-2H3;2*1H. The number of hydrogen-bond donors (Lipinski definition) is 0. The third-order valence-corrected chi connectivity index (χ3v) is 5.13. The van der Waals surface area contributed by atoms with E-state index in [4.69, 9.17) is 4.99 Å². The third-order valence-electron chi connectivity index (χ3n) is 5.13. The van der Waals surface area contributed by atoms with Crippen molar-refractivity contribution >= 4 is 42.3 Å². The van der Waals surface area contributed by atoms with Crippen LogP contribution in [0.25, 0.3) is 11.3 Å². The molecule has 3 nitrogen and oxygen atoms in total. The van der Waals surface area contributed by atoms with Gasteiger partial charge in [-0.2, -0.15) is 0 Å². The Morgan fingerprint density at radius 3 is 2.92 bits per heavy atom. The molecule has 0 spiro atoms. The number of allylic oxidation sites excluding steroid dienone is 6. The van der Waals surface area contributed by atoms with Gasteiger partial charge in [-0.1, -0.05) is 12.2 Å². The van der Waals surface area contributed by atoms with Gasteiger partial charge in [-0.05, 0) is 70.5 Å². The molecule has 1 atom stereocenters. The number of aromatic nitrogens is 1. The lowest BCUT2D eigenvalue weighted by molar-refractivity contribution is 0.376. The van der Waals surface area contributed by atoms with Crippen LogP contribution in [-0.2, 0) is 6.42 Å². The summed E-state index contributed by atoms with van der Waals surface area (Å²) in [6.07, 6.45) is 17.1. The fraction of sp³-hybridized carbons (Fsp3) is 0.450. The van der Waals surface area contributed by atoms with Crippen LogP contribution in [0.3, 0.4) is 0 Å². The predicted molar refractivity (Wildman–Crippen MR) is 112 cm³/mol. The highest BCUT2D eigenvalue weighted by molar-refractivity contribution is 6.12. The van der Waals surface area contributed by atoms with E-state index in [0.29, 0.717) is 5.92 Å². The SMILES string of the molecule is CN(C)CCCC1CC=CC2=C1N=CC1=CCCc3ccn2c31.Cl.Cl. The topological polar surface area (TPSA) is 20.5 Å². The summed E-state index contributed by atoms with van der Waals surface area (Å²) in [7, 11) is 4.30.